The summed E-state index contributed by atoms with van der Waals surface area (Å²) in [6, 6.07) is 14.8. The van der Waals surface area contributed by atoms with Gasteiger partial charge in [0.25, 0.3) is 0 Å². The topological polar surface area (TPSA) is 61.4 Å². The molecule has 2 aromatic heterocycles. The second kappa shape index (κ2) is 9.32. The van der Waals surface area contributed by atoms with Crippen LogP contribution in [0.2, 0.25) is 0 Å². The van der Waals surface area contributed by atoms with E-state index in [4.69, 9.17) is 4.98 Å². The highest BCUT2D eigenvalue weighted by atomic mass is 32.1. The number of carbonyl (C=O) groups excluding carboxylic acids is 1. The van der Waals surface area contributed by atoms with Gasteiger partial charge in [0.05, 0.1) is 5.92 Å². The van der Waals surface area contributed by atoms with Crippen LogP contribution < -0.4 is 10.2 Å². The zero-order valence-corrected chi connectivity index (χ0v) is 18.6. The molecule has 0 saturated carbocycles. The van der Waals surface area contributed by atoms with Crippen LogP contribution in [-0.4, -0.2) is 53.0 Å². The monoisotopic (exact) mass is 435 g/mol. The molecule has 0 bridgehead atoms. The average molecular weight is 436 g/mol. The van der Waals surface area contributed by atoms with E-state index in [-0.39, 0.29) is 11.8 Å². The van der Waals surface area contributed by atoms with Gasteiger partial charge in [-0.2, -0.15) is 0 Å². The van der Waals surface area contributed by atoms with Gasteiger partial charge < -0.3 is 10.2 Å². The Morgan fingerprint density at radius 1 is 1.06 bits per heavy atom. The second-order valence-electron chi connectivity index (χ2n) is 8.65. The van der Waals surface area contributed by atoms with Crippen molar-refractivity contribution < 1.29 is 4.79 Å². The number of thiazole rings is 1. The van der Waals surface area contributed by atoms with E-state index >= 15 is 0 Å². The van der Waals surface area contributed by atoms with Gasteiger partial charge in [0.15, 0.2) is 5.13 Å². The molecule has 2 saturated heterocycles. The van der Waals surface area contributed by atoms with E-state index in [1.807, 2.05) is 18.3 Å². The van der Waals surface area contributed by atoms with E-state index in [1.165, 1.54) is 5.56 Å². The number of hydrogen-bond acceptors (Lipinski definition) is 6. The molecule has 2 aliphatic rings. The summed E-state index contributed by atoms with van der Waals surface area (Å²) in [4.78, 5) is 27.9. The Morgan fingerprint density at radius 2 is 1.90 bits per heavy atom. The molecule has 1 N–H and O–H groups in total. The van der Waals surface area contributed by atoms with Crippen molar-refractivity contribution in [2.24, 2.45) is 5.92 Å². The first kappa shape index (κ1) is 20.4. The highest BCUT2D eigenvalue weighted by molar-refractivity contribution is 7.21. The predicted molar refractivity (Wildman–Crippen MR) is 125 cm³/mol. The third-order valence-corrected chi connectivity index (χ3v) is 7.44. The molecule has 2 aliphatic heterocycles. The lowest BCUT2D eigenvalue weighted by atomic mass is 9.96. The fraction of sp³-hybridized carbons (Fsp3) is 0.458. The van der Waals surface area contributed by atoms with Gasteiger partial charge in [-0.25, -0.2) is 9.97 Å². The third-order valence-electron chi connectivity index (χ3n) is 6.40. The van der Waals surface area contributed by atoms with Crippen molar-refractivity contribution in [2.75, 3.05) is 31.1 Å². The number of anilines is 1. The summed E-state index contributed by atoms with van der Waals surface area (Å²) in [6.45, 7) is 4.78. The lowest BCUT2D eigenvalue weighted by Gasteiger charge is -2.35. The highest BCUT2D eigenvalue weighted by Gasteiger charge is 2.29. The van der Waals surface area contributed by atoms with E-state index < -0.39 is 0 Å². The molecule has 1 amide bonds. The molecule has 1 atom stereocenters. The molecule has 0 spiro atoms. The van der Waals surface area contributed by atoms with Gasteiger partial charge in [0.1, 0.15) is 10.3 Å². The zero-order chi connectivity index (χ0) is 21.0. The van der Waals surface area contributed by atoms with E-state index in [9.17, 15) is 4.79 Å². The van der Waals surface area contributed by atoms with Crippen molar-refractivity contribution in [3.05, 3.63) is 54.2 Å². The fourth-order valence-corrected chi connectivity index (χ4v) is 5.60. The molecule has 0 aliphatic carbocycles. The number of hydrogen-bond donors (Lipinski definition) is 1. The van der Waals surface area contributed by atoms with Gasteiger partial charge >= 0.3 is 0 Å². The summed E-state index contributed by atoms with van der Waals surface area (Å²) in [5, 5.41) is 4.34. The average Bonchev–Trinajstić information content (AvgIpc) is 3.26. The summed E-state index contributed by atoms with van der Waals surface area (Å²) in [6.07, 6.45) is 5.84. The van der Waals surface area contributed by atoms with E-state index in [0.29, 0.717) is 6.04 Å². The Kier molecular flexibility index (Phi) is 6.13. The Hall–Kier alpha value is -2.51. The number of nitrogens with one attached hydrogen (secondary N) is 1. The van der Waals surface area contributed by atoms with Crippen LogP contribution in [0.1, 0.15) is 31.2 Å². The largest absolute Gasteiger partial charge is 0.353 e. The molecule has 5 rings (SSSR count). The maximum atomic E-state index is 13.0. The molecular weight excluding hydrogens is 406 g/mol. The summed E-state index contributed by atoms with van der Waals surface area (Å²) in [5.41, 5.74) is 2.30. The van der Waals surface area contributed by atoms with Crippen LogP contribution in [0.4, 0.5) is 5.13 Å². The molecule has 31 heavy (non-hydrogen) atoms. The van der Waals surface area contributed by atoms with Crippen molar-refractivity contribution in [1.29, 1.82) is 0 Å². The molecule has 162 valence electrons. The number of benzene rings is 1. The Morgan fingerprint density at radius 3 is 2.71 bits per heavy atom. The Balaban J connectivity index is 1.13. The lowest BCUT2D eigenvalue weighted by molar-refractivity contribution is -0.126. The van der Waals surface area contributed by atoms with Crippen molar-refractivity contribution in [2.45, 2.75) is 38.3 Å². The first-order valence-corrected chi connectivity index (χ1v) is 12.1. The highest BCUT2D eigenvalue weighted by Crippen LogP contribution is 2.30. The van der Waals surface area contributed by atoms with Gasteiger partial charge in [-0.3, -0.25) is 9.69 Å². The minimum atomic E-state index is 0.0380. The molecule has 1 aromatic carbocycles. The van der Waals surface area contributed by atoms with Crippen LogP contribution in [-0.2, 0) is 11.3 Å². The number of aromatic nitrogens is 2. The van der Waals surface area contributed by atoms with Gasteiger partial charge in [-0.05, 0) is 43.4 Å². The van der Waals surface area contributed by atoms with Crippen LogP contribution in [0.15, 0.2) is 48.7 Å². The Labute approximate surface area is 187 Å². The molecule has 0 unspecified atom stereocenters. The number of rotatable bonds is 5. The van der Waals surface area contributed by atoms with Gasteiger partial charge in [-0.15, -0.1) is 0 Å². The number of carbonyl (C=O) groups is 1. The van der Waals surface area contributed by atoms with E-state index in [1.54, 1.807) is 11.3 Å². The van der Waals surface area contributed by atoms with Crippen LogP contribution in [0.3, 0.4) is 0 Å². The molecule has 3 aromatic rings. The Bertz CT molecular complexity index is 982. The van der Waals surface area contributed by atoms with Crippen molar-refractivity contribution in [3.8, 4) is 0 Å². The number of likely N-dealkylation sites (tertiary alicyclic amines) is 1. The number of pyridine rings is 1. The van der Waals surface area contributed by atoms with Gasteiger partial charge in [-0.1, -0.05) is 41.7 Å². The molecule has 4 heterocycles. The number of amides is 1. The van der Waals surface area contributed by atoms with Crippen LogP contribution >= 0.6 is 11.3 Å². The fourth-order valence-electron chi connectivity index (χ4n) is 4.65. The van der Waals surface area contributed by atoms with Crippen LogP contribution in [0.5, 0.6) is 0 Å². The summed E-state index contributed by atoms with van der Waals surface area (Å²) in [7, 11) is 0. The third kappa shape index (κ3) is 4.88. The summed E-state index contributed by atoms with van der Waals surface area (Å²) in [5.74, 6) is 0.251. The molecule has 2 fully saturated rings. The van der Waals surface area contributed by atoms with Gasteiger partial charge in [0.2, 0.25) is 5.91 Å². The quantitative estimate of drug-likeness (QED) is 0.662. The first-order valence-electron chi connectivity index (χ1n) is 11.3. The minimum Gasteiger partial charge on any atom is -0.353 e. The van der Waals surface area contributed by atoms with Crippen LogP contribution in [0.25, 0.3) is 10.3 Å². The van der Waals surface area contributed by atoms with Gasteiger partial charge in [0, 0.05) is 45.0 Å². The van der Waals surface area contributed by atoms with E-state index in [2.05, 4.69) is 50.4 Å². The maximum absolute atomic E-state index is 13.0. The molecule has 7 heteroatoms. The normalized spacial score (nSPS) is 20.8. The predicted octanol–water partition coefficient (Wildman–Crippen LogP) is 3.69. The zero-order valence-electron chi connectivity index (χ0n) is 17.7. The van der Waals surface area contributed by atoms with Crippen molar-refractivity contribution in [3.63, 3.8) is 0 Å². The first-order chi connectivity index (χ1) is 15.2. The van der Waals surface area contributed by atoms with Crippen LogP contribution in [0, 0.1) is 5.92 Å². The summed E-state index contributed by atoms with van der Waals surface area (Å²) >= 11 is 1.62. The number of nitrogens with zero attached hydrogens (tertiary/aromatic N) is 4. The minimum absolute atomic E-state index is 0.0380. The van der Waals surface area contributed by atoms with E-state index in [0.717, 1.165) is 73.9 Å². The standard InChI is InChI=1S/C24H29N5OS/c30-22(26-20-10-14-28(15-11-20)16-18-6-2-1-3-7-18)19-8-5-13-29(17-19)24-27-21-9-4-12-25-23(21)31-24/h1-4,6-7,9,12,19-20H,5,8,10-11,13-17H2,(H,26,30)/t19-/m1/s1. The molecule has 6 nitrogen and oxygen atoms in total. The maximum Gasteiger partial charge on any atom is 0.225 e. The van der Waals surface area contributed by atoms with Crippen molar-refractivity contribution in [1.82, 2.24) is 20.2 Å². The van der Waals surface area contributed by atoms with Crippen molar-refractivity contribution >= 4 is 32.7 Å². The lowest BCUT2D eigenvalue weighted by Crippen LogP contribution is -2.49. The SMILES string of the molecule is O=C(NC1CCN(Cc2ccccc2)CC1)[C@@H]1CCCN(c2nc3cccnc3s2)C1. The second-order valence-corrected chi connectivity index (χ2v) is 9.61. The molecule has 0 radical (unpaired) electrons. The number of piperidine rings is 2. The molecular formula is C24H29N5OS. The smallest absolute Gasteiger partial charge is 0.225 e. The summed E-state index contributed by atoms with van der Waals surface area (Å²) < 4.78 is 0. The number of fused-ring (bicyclic) bond motifs is 1.